The van der Waals surface area contributed by atoms with E-state index in [-0.39, 0.29) is 0 Å². The zero-order valence-electron chi connectivity index (χ0n) is 16.1. The van der Waals surface area contributed by atoms with Crippen molar-refractivity contribution in [2.45, 2.75) is 0 Å². The molecule has 0 heterocycles. The second-order valence-electron chi connectivity index (χ2n) is 7.09. The molecule has 0 aliphatic rings. The number of rotatable bonds is 4. The van der Waals surface area contributed by atoms with Gasteiger partial charge in [-0.3, -0.25) is 0 Å². The summed E-state index contributed by atoms with van der Waals surface area (Å²) in [6.45, 7) is 0. The highest BCUT2D eigenvalue weighted by atomic mass is 31.1. The van der Waals surface area contributed by atoms with Crippen molar-refractivity contribution < 1.29 is 0 Å². The predicted octanol–water partition coefficient (Wildman–Crippen LogP) is 6.27. The van der Waals surface area contributed by atoms with Crippen LogP contribution in [0.25, 0.3) is 21.9 Å². The molecule has 0 amide bonds. The van der Waals surface area contributed by atoms with Crippen molar-refractivity contribution in [3.63, 3.8) is 0 Å². The zero-order chi connectivity index (χ0) is 19.5. The van der Waals surface area contributed by atoms with Crippen molar-refractivity contribution in [3.8, 4) is 11.1 Å². The maximum atomic E-state index is 2.32. The van der Waals surface area contributed by atoms with Gasteiger partial charge in [-0.25, -0.2) is 0 Å². The summed E-state index contributed by atoms with van der Waals surface area (Å²) in [4.78, 5) is 0. The molecule has 0 unspecified atom stereocenters. The van der Waals surface area contributed by atoms with Gasteiger partial charge in [-0.05, 0) is 51.8 Å². The van der Waals surface area contributed by atoms with Crippen LogP contribution in [-0.4, -0.2) is 0 Å². The van der Waals surface area contributed by atoms with Crippen molar-refractivity contribution in [2.24, 2.45) is 0 Å². The molecule has 1 heteroatoms. The summed E-state index contributed by atoms with van der Waals surface area (Å²) >= 11 is 0. The van der Waals surface area contributed by atoms with E-state index in [1.807, 2.05) is 0 Å². The first-order chi connectivity index (χ1) is 14.4. The lowest BCUT2D eigenvalue weighted by atomic mass is 10.0. The minimum Gasteiger partial charge on any atom is -0.0622 e. The lowest BCUT2D eigenvalue weighted by Crippen LogP contribution is -2.21. The van der Waals surface area contributed by atoms with Crippen molar-refractivity contribution in [3.05, 3.63) is 127 Å². The smallest absolute Gasteiger partial charge is 0.00726 e. The van der Waals surface area contributed by atoms with Gasteiger partial charge in [-0.2, -0.15) is 0 Å². The van der Waals surface area contributed by atoms with Crippen molar-refractivity contribution in [2.75, 3.05) is 0 Å². The van der Waals surface area contributed by atoms with Gasteiger partial charge < -0.3 is 0 Å². The van der Waals surface area contributed by atoms with E-state index in [9.17, 15) is 0 Å². The number of hydrogen-bond donors (Lipinski definition) is 0. The SMILES string of the molecule is c1ccc(P(c2ccccc2)c2ccccc2-c2ccc3ccccc3c2)cc1. The topological polar surface area (TPSA) is 0 Å². The monoisotopic (exact) mass is 388 g/mol. The third-order valence-electron chi connectivity index (χ3n) is 5.23. The van der Waals surface area contributed by atoms with E-state index in [4.69, 9.17) is 0 Å². The van der Waals surface area contributed by atoms with Crippen molar-refractivity contribution in [1.29, 1.82) is 0 Å². The van der Waals surface area contributed by atoms with Crippen LogP contribution in [0.4, 0.5) is 0 Å². The molecule has 138 valence electrons. The molecule has 5 aromatic carbocycles. The van der Waals surface area contributed by atoms with E-state index in [1.54, 1.807) is 0 Å². The Balaban J connectivity index is 1.72. The first-order valence-electron chi connectivity index (χ1n) is 9.88. The van der Waals surface area contributed by atoms with Crippen LogP contribution in [0.3, 0.4) is 0 Å². The van der Waals surface area contributed by atoms with Crippen molar-refractivity contribution >= 4 is 34.6 Å². The van der Waals surface area contributed by atoms with Gasteiger partial charge in [0.25, 0.3) is 0 Å². The normalized spacial score (nSPS) is 11.1. The van der Waals surface area contributed by atoms with Crippen LogP contribution in [0.2, 0.25) is 0 Å². The highest BCUT2D eigenvalue weighted by Crippen LogP contribution is 2.37. The fourth-order valence-corrected chi connectivity index (χ4v) is 6.33. The van der Waals surface area contributed by atoms with Crippen LogP contribution >= 0.6 is 7.92 Å². The molecule has 0 atom stereocenters. The fourth-order valence-electron chi connectivity index (χ4n) is 3.85. The molecule has 29 heavy (non-hydrogen) atoms. The summed E-state index contributed by atoms with van der Waals surface area (Å²) < 4.78 is 0. The number of hydrogen-bond acceptors (Lipinski definition) is 0. The first kappa shape index (κ1) is 17.9. The summed E-state index contributed by atoms with van der Waals surface area (Å²) in [6.07, 6.45) is 0. The third kappa shape index (κ3) is 3.60. The van der Waals surface area contributed by atoms with Crippen molar-refractivity contribution in [1.82, 2.24) is 0 Å². The molecule has 0 nitrogen and oxygen atoms in total. The second-order valence-corrected chi connectivity index (χ2v) is 9.27. The van der Waals surface area contributed by atoms with Gasteiger partial charge in [-0.15, -0.1) is 0 Å². The number of benzene rings is 5. The Morgan fingerprint density at radius 3 is 1.66 bits per heavy atom. The Morgan fingerprint density at radius 1 is 0.414 bits per heavy atom. The minimum atomic E-state index is -0.634. The molecular formula is C28H21P. The average Bonchev–Trinajstić information content (AvgIpc) is 2.81. The standard InChI is InChI=1S/C28H21P/c1-3-13-25(14-4-1)29(26-15-5-2-6-16-26)28-18-10-9-17-27(28)24-20-19-22-11-7-8-12-23(22)21-24/h1-21H. The molecule has 0 spiro atoms. The van der Waals surface area contributed by atoms with Gasteiger partial charge in [0.15, 0.2) is 0 Å². The van der Waals surface area contributed by atoms with Crippen LogP contribution in [0.1, 0.15) is 0 Å². The van der Waals surface area contributed by atoms with E-state index in [1.165, 1.54) is 37.8 Å². The van der Waals surface area contributed by atoms with Gasteiger partial charge in [0.2, 0.25) is 0 Å². The van der Waals surface area contributed by atoms with Crippen LogP contribution < -0.4 is 15.9 Å². The molecule has 0 radical (unpaired) electrons. The Kier molecular flexibility index (Phi) is 4.95. The summed E-state index contributed by atoms with van der Waals surface area (Å²) in [6, 6.07) is 46.1. The molecule has 5 aromatic rings. The Morgan fingerprint density at radius 2 is 0.966 bits per heavy atom. The average molecular weight is 388 g/mol. The predicted molar refractivity (Wildman–Crippen MR) is 128 cm³/mol. The highest BCUT2D eigenvalue weighted by molar-refractivity contribution is 7.80. The summed E-state index contributed by atoms with van der Waals surface area (Å²) in [5.74, 6) is 0. The Hall–Kier alpha value is -3.21. The van der Waals surface area contributed by atoms with Gasteiger partial charge in [0, 0.05) is 0 Å². The molecular weight excluding hydrogens is 367 g/mol. The Bertz CT molecular complexity index is 1200. The minimum absolute atomic E-state index is 0.634. The third-order valence-corrected chi connectivity index (χ3v) is 7.74. The summed E-state index contributed by atoms with van der Waals surface area (Å²) in [5.41, 5.74) is 2.59. The maximum absolute atomic E-state index is 2.32. The van der Waals surface area contributed by atoms with E-state index in [2.05, 4.69) is 127 Å². The van der Waals surface area contributed by atoms with Gasteiger partial charge in [-0.1, -0.05) is 121 Å². The number of fused-ring (bicyclic) bond motifs is 1. The molecule has 0 saturated carbocycles. The van der Waals surface area contributed by atoms with E-state index in [0.717, 1.165) is 0 Å². The molecule has 5 rings (SSSR count). The van der Waals surface area contributed by atoms with E-state index in [0.29, 0.717) is 0 Å². The molecule has 0 aliphatic heterocycles. The zero-order valence-corrected chi connectivity index (χ0v) is 17.0. The highest BCUT2D eigenvalue weighted by Gasteiger charge is 2.19. The first-order valence-corrected chi connectivity index (χ1v) is 11.2. The van der Waals surface area contributed by atoms with Crippen LogP contribution in [0.15, 0.2) is 127 Å². The van der Waals surface area contributed by atoms with Crippen LogP contribution in [0, 0.1) is 0 Å². The molecule has 0 aliphatic carbocycles. The fraction of sp³-hybridized carbons (Fsp3) is 0. The lowest BCUT2D eigenvalue weighted by molar-refractivity contribution is 1.67. The molecule has 0 fully saturated rings. The van der Waals surface area contributed by atoms with E-state index < -0.39 is 7.92 Å². The maximum Gasteiger partial charge on any atom is -0.00726 e. The van der Waals surface area contributed by atoms with E-state index >= 15 is 0 Å². The van der Waals surface area contributed by atoms with Crippen LogP contribution in [0.5, 0.6) is 0 Å². The van der Waals surface area contributed by atoms with Gasteiger partial charge >= 0.3 is 0 Å². The molecule has 0 bridgehead atoms. The quantitative estimate of drug-likeness (QED) is 0.319. The molecule has 0 aromatic heterocycles. The largest absolute Gasteiger partial charge is 0.0622 e. The van der Waals surface area contributed by atoms with Gasteiger partial charge in [0.05, 0.1) is 0 Å². The lowest BCUT2D eigenvalue weighted by Gasteiger charge is -2.22. The Labute approximate surface area is 173 Å². The second kappa shape index (κ2) is 8.03. The summed E-state index contributed by atoms with van der Waals surface area (Å²) in [5, 5.41) is 6.71. The summed E-state index contributed by atoms with van der Waals surface area (Å²) in [7, 11) is -0.634. The molecule has 0 N–H and O–H groups in total. The van der Waals surface area contributed by atoms with Gasteiger partial charge in [0.1, 0.15) is 0 Å². The molecule has 0 saturated heterocycles. The van der Waals surface area contributed by atoms with Crippen LogP contribution in [-0.2, 0) is 0 Å².